The Morgan fingerprint density at radius 2 is 1.96 bits per heavy atom. The van der Waals surface area contributed by atoms with Gasteiger partial charge < -0.3 is 9.64 Å². The van der Waals surface area contributed by atoms with Crippen LogP contribution in [-0.2, 0) is 24.8 Å². The van der Waals surface area contributed by atoms with Crippen LogP contribution < -0.4 is 4.74 Å². The number of hydrogen-bond acceptors (Lipinski definition) is 3. The zero-order valence-electron chi connectivity index (χ0n) is 15.7. The van der Waals surface area contributed by atoms with Crippen molar-refractivity contribution in [1.29, 1.82) is 0 Å². The number of benzene rings is 1. The average Bonchev–Trinajstić information content (AvgIpc) is 2.88. The topological polar surface area (TPSA) is 47.4 Å². The maximum absolute atomic E-state index is 12.9. The number of para-hydroxylation sites is 1. The van der Waals surface area contributed by atoms with E-state index in [0.29, 0.717) is 12.5 Å². The van der Waals surface area contributed by atoms with Crippen molar-refractivity contribution in [2.75, 3.05) is 6.54 Å². The lowest BCUT2D eigenvalue weighted by atomic mass is 10.0. The summed E-state index contributed by atoms with van der Waals surface area (Å²) in [6.07, 6.45) is 0.353. The highest BCUT2D eigenvalue weighted by Gasteiger charge is 2.29. The molecule has 1 aromatic heterocycles. The first-order valence-corrected chi connectivity index (χ1v) is 8.94. The van der Waals surface area contributed by atoms with E-state index in [1.54, 1.807) is 0 Å². The molecular weight excluding hydrogens is 314 g/mol. The molecule has 25 heavy (non-hydrogen) atoms. The first-order chi connectivity index (χ1) is 11.9. The number of aromatic nitrogens is 2. The fourth-order valence-electron chi connectivity index (χ4n) is 3.53. The molecule has 0 saturated carbocycles. The van der Waals surface area contributed by atoms with Gasteiger partial charge in [-0.2, -0.15) is 5.10 Å². The van der Waals surface area contributed by atoms with Crippen LogP contribution in [0.25, 0.3) is 0 Å². The zero-order chi connectivity index (χ0) is 18.1. The smallest absolute Gasteiger partial charge is 0.263 e. The Balaban J connectivity index is 1.73. The number of fused-ring (bicyclic) bond motifs is 1. The summed E-state index contributed by atoms with van der Waals surface area (Å²) in [5, 5.41) is 4.48. The summed E-state index contributed by atoms with van der Waals surface area (Å²) >= 11 is 0. The molecule has 1 aliphatic rings. The van der Waals surface area contributed by atoms with Gasteiger partial charge in [-0.1, -0.05) is 32.0 Å². The van der Waals surface area contributed by atoms with Crippen molar-refractivity contribution in [3.8, 4) is 5.75 Å². The molecule has 0 fully saturated rings. The second kappa shape index (κ2) is 6.90. The highest BCUT2D eigenvalue weighted by molar-refractivity contribution is 5.81. The average molecular weight is 341 g/mol. The van der Waals surface area contributed by atoms with Gasteiger partial charge in [0.25, 0.3) is 5.91 Å². The molecule has 1 atom stereocenters. The van der Waals surface area contributed by atoms with Crippen LogP contribution in [-0.4, -0.2) is 33.2 Å². The van der Waals surface area contributed by atoms with Gasteiger partial charge in [-0.3, -0.25) is 9.48 Å². The molecule has 0 spiro atoms. The predicted molar refractivity (Wildman–Crippen MR) is 97.7 cm³/mol. The molecule has 1 unspecified atom stereocenters. The molecule has 5 heteroatoms. The lowest BCUT2D eigenvalue weighted by Crippen LogP contribution is -2.43. The SMILES string of the molecule is Cc1nn(C)c2c1CCN(C(=O)C(C)Oc1ccccc1C(C)C)C2. The first-order valence-electron chi connectivity index (χ1n) is 8.94. The largest absolute Gasteiger partial charge is 0.481 e. The molecule has 1 amide bonds. The Labute approximate surface area is 149 Å². The first kappa shape index (κ1) is 17.5. The second-order valence-electron chi connectivity index (χ2n) is 7.10. The molecule has 1 aromatic carbocycles. The van der Waals surface area contributed by atoms with Crippen LogP contribution in [0.1, 0.15) is 49.2 Å². The Bertz CT molecular complexity index is 779. The molecule has 2 heterocycles. The van der Waals surface area contributed by atoms with E-state index in [2.05, 4.69) is 25.0 Å². The van der Waals surface area contributed by atoms with Gasteiger partial charge in [-0.05, 0) is 43.4 Å². The van der Waals surface area contributed by atoms with Gasteiger partial charge in [0, 0.05) is 13.6 Å². The molecule has 1 aliphatic heterocycles. The number of aryl methyl sites for hydroxylation is 2. The number of nitrogens with zero attached hydrogens (tertiary/aromatic N) is 3. The summed E-state index contributed by atoms with van der Waals surface area (Å²) < 4.78 is 7.92. The lowest BCUT2D eigenvalue weighted by Gasteiger charge is -2.30. The van der Waals surface area contributed by atoms with Crippen LogP contribution in [0.2, 0.25) is 0 Å². The van der Waals surface area contributed by atoms with Gasteiger partial charge in [0.2, 0.25) is 0 Å². The van der Waals surface area contributed by atoms with Crippen LogP contribution in [0.4, 0.5) is 0 Å². The van der Waals surface area contributed by atoms with Crippen molar-refractivity contribution in [2.24, 2.45) is 7.05 Å². The fraction of sp³-hybridized carbons (Fsp3) is 0.500. The Kier molecular flexibility index (Phi) is 4.84. The highest BCUT2D eigenvalue weighted by Crippen LogP contribution is 2.28. The monoisotopic (exact) mass is 341 g/mol. The summed E-state index contributed by atoms with van der Waals surface area (Å²) in [5.74, 6) is 1.18. The van der Waals surface area contributed by atoms with Crippen molar-refractivity contribution in [3.63, 3.8) is 0 Å². The molecule has 2 aromatic rings. The van der Waals surface area contributed by atoms with Crippen molar-refractivity contribution in [1.82, 2.24) is 14.7 Å². The van der Waals surface area contributed by atoms with Gasteiger partial charge in [0.15, 0.2) is 6.10 Å². The number of carbonyl (C=O) groups excluding carboxylic acids is 1. The third kappa shape index (κ3) is 3.41. The molecule has 0 N–H and O–H groups in total. The normalized spacial score (nSPS) is 15.2. The van der Waals surface area contributed by atoms with E-state index in [1.165, 1.54) is 5.56 Å². The van der Waals surface area contributed by atoms with Crippen molar-refractivity contribution in [2.45, 2.75) is 52.7 Å². The van der Waals surface area contributed by atoms with Crippen LogP contribution in [0, 0.1) is 6.92 Å². The van der Waals surface area contributed by atoms with E-state index in [0.717, 1.165) is 35.7 Å². The van der Waals surface area contributed by atoms with Crippen molar-refractivity contribution < 1.29 is 9.53 Å². The standard InChI is InChI=1S/C20H27N3O2/c1-13(2)16-8-6-7-9-19(16)25-15(4)20(24)23-11-10-17-14(3)21-22(5)18(17)12-23/h6-9,13,15H,10-12H2,1-5H3. The lowest BCUT2D eigenvalue weighted by molar-refractivity contribution is -0.139. The number of carbonyl (C=O) groups is 1. The van der Waals surface area contributed by atoms with Gasteiger partial charge in [-0.15, -0.1) is 0 Å². The molecule has 5 nitrogen and oxygen atoms in total. The number of ether oxygens (including phenoxy) is 1. The van der Waals surface area contributed by atoms with E-state index < -0.39 is 6.10 Å². The fourth-order valence-corrected chi connectivity index (χ4v) is 3.53. The summed E-state index contributed by atoms with van der Waals surface area (Å²) in [7, 11) is 1.94. The number of amides is 1. The molecule has 134 valence electrons. The van der Waals surface area contributed by atoms with E-state index in [1.807, 2.05) is 48.7 Å². The Morgan fingerprint density at radius 3 is 2.68 bits per heavy atom. The van der Waals surface area contributed by atoms with E-state index in [9.17, 15) is 4.79 Å². The summed E-state index contributed by atoms with van der Waals surface area (Å²) in [5.41, 5.74) is 4.61. The molecular formula is C20H27N3O2. The van der Waals surface area contributed by atoms with Crippen LogP contribution in [0.3, 0.4) is 0 Å². The van der Waals surface area contributed by atoms with E-state index in [4.69, 9.17) is 4.74 Å². The highest BCUT2D eigenvalue weighted by atomic mass is 16.5. The number of hydrogen-bond donors (Lipinski definition) is 0. The summed E-state index contributed by atoms with van der Waals surface area (Å²) in [4.78, 5) is 14.8. The Hall–Kier alpha value is -2.30. The van der Waals surface area contributed by atoms with E-state index >= 15 is 0 Å². The van der Waals surface area contributed by atoms with Crippen molar-refractivity contribution >= 4 is 5.91 Å². The molecule has 0 saturated heterocycles. The van der Waals surface area contributed by atoms with Gasteiger partial charge in [0.1, 0.15) is 5.75 Å². The molecule has 0 aliphatic carbocycles. The second-order valence-corrected chi connectivity index (χ2v) is 7.10. The number of rotatable bonds is 4. The van der Waals surface area contributed by atoms with Crippen LogP contribution >= 0.6 is 0 Å². The van der Waals surface area contributed by atoms with Crippen LogP contribution in [0.15, 0.2) is 24.3 Å². The van der Waals surface area contributed by atoms with Gasteiger partial charge in [0.05, 0.1) is 17.9 Å². The maximum Gasteiger partial charge on any atom is 0.263 e. The summed E-state index contributed by atoms with van der Waals surface area (Å²) in [6.45, 7) is 9.45. The zero-order valence-corrected chi connectivity index (χ0v) is 15.7. The van der Waals surface area contributed by atoms with E-state index in [-0.39, 0.29) is 5.91 Å². The third-order valence-corrected chi connectivity index (χ3v) is 4.95. The summed E-state index contributed by atoms with van der Waals surface area (Å²) in [6, 6.07) is 7.95. The van der Waals surface area contributed by atoms with Crippen LogP contribution in [0.5, 0.6) is 5.75 Å². The molecule has 3 rings (SSSR count). The minimum atomic E-state index is -0.504. The third-order valence-electron chi connectivity index (χ3n) is 4.95. The quantitative estimate of drug-likeness (QED) is 0.858. The maximum atomic E-state index is 12.9. The predicted octanol–water partition coefficient (Wildman–Crippen LogP) is 3.20. The Morgan fingerprint density at radius 1 is 1.24 bits per heavy atom. The van der Waals surface area contributed by atoms with Gasteiger partial charge in [-0.25, -0.2) is 0 Å². The van der Waals surface area contributed by atoms with Gasteiger partial charge >= 0.3 is 0 Å². The molecule has 0 radical (unpaired) electrons. The minimum absolute atomic E-state index is 0.0306. The molecule has 0 bridgehead atoms. The van der Waals surface area contributed by atoms with Crippen molar-refractivity contribution in [3.05, 3.63) is 46.8 Å². The minimum Gasteiger partial charge on any atom is -0.481 e.